The van der Waals surface area contributed by atoms with Crippen molar-refractivity contribution >= 4 is 29.9 Å². The first-order valence-corrected chi connectivity index (χ1v) is 8.46. The van der Waals surface area contributed by atoms with E-state index in [0.717, 1.165) is 11.3 Å². The van der Waals surface area contributed by atoms with Crippen LogP contribution in [0.3, 0.4) is 0 Å². The van der Waals surface area contributed by atoms with Gasteiger partial charge in [-0.1, -0.05) is 12.1 Å². The summed E-state index contributed by atoms with van der Waals surface area (Å²) in [4.78, 5) is 4.43. The molecule has 0 bridgehead atoms. The molecule has 0 fully saturated rings. The zero-order valence-corrected chi connectivity index (χ0v) is 17.7. The highest BCUT2D eigenvalue weighted by Gasteiger charge is 2.26. The molecule has 0 saturated heterocycles. The van der Waals surface area contributed by atoms with E-state index in [1.165, 1.54) is 12.1 Å². The SMILES string of the molecule is CCNC(=NCC(C)(O)c1ccc(C)o1)NCCc1cccc(F)c1.I. The first-order chi connectivity index (χ1) is 11.9. The monoisotopic (exact) mass is 475 g/mol. The van der Waals surface area contributed by atoms with Gasteiger partial charge in [-0.15, -0.1) is 24.0 Å². The summed E-state index contributed by atoms with van der Waals surface area (Å²) in [6.07, 6.45) is 0.677. The summed E-state index contributed by atoms with van der Waals surface area (Å²) < 4.78 is 18.7. The summed E-state index contributed by atoms with van der Waals surface area (Å²) in [5, 5.41) is 16.9. The maximum absolute atomic E-state index is 13.2. The van der Waals surface area contributed by atoms with Crippen LogP contribution in [0.4, 0.5) is 4.39 Å². The number of benzene rings is 1. The standard InChI is InChI=1S/C19H26FN3O2.HI/c1-4-21-18(22-11-10-15-6-5-7-16(20)12-15)23-13-19(3,24)17-9-8-14(2)25-17;/h5-9,12,24H,4,10-11,13H2,1-3H3,(H2,21,22,23);1H. The summed E-state index contributed by atoms with van der Waals surface area (Å²) >= 11 is 0. The minimum Gasteiger partial charge on any atom is -0.463 e. The van der Waals surface area contributed by atoms with Crippen LogP contribution in [0.5, 0.6) is 0 Å². The third-order valence-corrected chi connectivity index (χ3v) is 3.76. The second-order valence-corrected chi connectivity index (χ2v) is 6.19. The molecule has 0 aliphatic heterocycles. The van der Waals surface area contributed by atoms with E-state index in [1.54, 1.807) is 19.1 Å². The number of aliphatic hydroxyl groups is 1. The van der Waals surface area contributed by atoms with Crippen molar-refractivity contribution in [2.75, 3.05) is 19.6 Å². The lowest BCUT2D eigenvalue weighted by atomic mass is 10.0. The average molecular weight is 475 g/mol. The molecule has 0 radical (unpaired) electrons. The molecule has 0 spiro atoms. The maximum Gasteiger partial charge on any atom is 0.191 e. The van der Waals surface area contributed by atoms with Gasteiger partial charge in [0, 0.05) is 13.1 Å². The molecule has 0 aliphatic rings. The molecule has 1 unspecified atom stereocenters. The van der Waals surface area contributed by atoms with Gasteiger partial charge in [0.15, 0.2) is 5.96 Å². The number of aryl methyl sites for hydroxylation is 1. The number of hydrogen-bond acceptors (Lipinski definition) is 3. The number of rotatable bonds is 7. The molecule has 7 heteroatoms. The van der Waals surface area contributed by atoms with Gasteiger partial charge in [-0.25, -0.2) is 9.38 Å². The van der Waals surface area contributed by atoms with Crippen LogP contribution in [0.1, 0.15) is 30.9 Å². The molecule has 3 N–H and O–H groups in total. The minimum atomic E-state index is -1.18. The van der Waals surface area contributed by atoms with E-state index in [0.29, 0.717) is 31.2 Å². The van der Waals surface area contributed by atoms with E-state index >= 15 is 0 Å². The van der Waals surface area contributed by atoms with Crippen LogP contribution in [0.2, 0.25) is 0 Å². The molecular weight excluding hydrogens is 448 g/mol. The second kappa shape index (κ2) is 10.5. The second-order valence-electron chi connectivity index (χ2n) is 6.19. The van der Waals surface area contributed by atoms with Crippen LogP contribution in [-0.2, 0) is 12.0 Å². The smallest absolute Gasteiger partial charge is 0.191 e. The number of halogens is 2. The number of guanidine groups is 1. The topological polar surface area (TPSA) is 69.8 Å². The fourth-order valence-corrected chi connectivity index (χ4v) is 2.39. The summed E-state index contributed by atoms with van der Waals surface area (Å²) in [6, 6.07) is 10.1. The lowest BCUT2D eigenvalue weighted by Gasteiger charge is -2.19. The molecule has 5 nitrogen and oxygen atoms in total. The molecule has 1 aromatic carbocycles. The predicted molar refractivity (Wildman–Crippen MR) is 113 cm³/mol. The van der Waals surface area contributed by atoms with Crippen molar-refractivity contribution in [3.05, 3.63) is 59.3 Å². The summed E-state index contributed by atoms with van der Waals surface area (Å²) in [6.45, 7) is 6.95. The molecule has 144 valence electrons. The third-order valence-electron chi connectivity index (χ3n) is 3.76. The van der Waals surface area contributed by atoms with E-state index in [-0.39, 0.29) is 36.3 Å². The highest BCUT2D eigenvalue weighted by molar-refractivity contribution is 14.0. The fraction of sp³-hybridized carbons (Fsp3) is 0.421. The normalized spacial score (nSPS) is 13.7. The molecule has 26 heavy (non-hydrogen) atoms. The fourth-order valence-electron chi connectivity index (χ4n) is 2.39. The van der Waals surface area contributed by atoms with Gasteiger partial charge in [0.2, 0.25) is 0 Å². The Balaban J connectivity index is 0.00000338. The Morgan fingerprint density at radius 2 is 2.04 bits per heavy atom. The Labute approximate surface area is 171 Å². The van der Waals surface area contributed by atoms with Crippen LogP contribution in [0, 0.1) is 12.7 Å². The number of nitrogens with zero attached hydrogens (tertiary/aromatic N) is 1. The van der Waals surface area contributed by atoms with Gasteiger partial charge >= 0.3 is 0 Å². The lowest BCUT2D eigenvalue weighted by molar-refractivity contribution is 0.0428. The van der Waals surface area contributed by atoms with Crippen LogP contribution < -0.4 is 10.6 Å². The van der Waals surface area contributed by atoms with Crippen LogP contribution >= 0.6 is 24.0 Å². The van der Waals surface area contributed by atoms with Gasteiger partial charge < -0.3 is 20.2 Å². The van der Waals surface area contributed by atoms with Crippen LogP contribution in [0.25, 0.3) is 0 Å². The third kappa shape index (κ3) is 6.95. The van der Waals surface area contributed by atoms with Crippen molar-refractivity contribution in [3.63, 3.8) is 0 Å². The summed E-state index contributed by atoms with van der Waals surface area (Å²) in [5.74, 6) is 1.61. The van der Waals surface area contributed by atoms with E-state index in [1.807, 2.05) is 26.0 Å². The van der Waals surface area contributed by atoms with Crippen LogP contribution in [-0.4, -0.2) is 30.7 Å². The quantitative estimate of drug-likeness (QED) is 0.327. The Morgan fingerprint density at radius 1 is 1.27 bits per heavy atom. The Bertz CT molecular complexity index is 716. The summed E-state index contributed by atoms with van der Waals surface area (Å²) in [7, 11) is 0. The highest BCUT2D eigenvalue weighted by atomic mass is 127. The number of aliphatic imine (C=N–C) groups is 1. The molecule has 1 heterocycles. The molecule has 1 atom stereocenters. The summed E-state index contributed by atoms with van der Waals surface area (Å²) in [5.41, 5.74) is -0.263. The number of hydrogen-bond donors (Lipinski definition) is 3. The van der Waals surface area contributed by atoms with Crippen molar-refractivity contribution in [3.8, 4) is 0 Å². The highest BCUT2D eigenvalue weighted by Crippen LogP contribution is 2.23. The van der Waals surface area contributed by atoms with Gasteiger partial charge in [-0.05, 0) is 57.0 Å². The zero-order chi connectivity index (χ0) is 18.3. The molecular formula is C19H27FIN3O2. The van der Waals surface area contributed by atoms with E-state index in [9.17, 15) is 9.50 Å². The van der Waals surface area contributed by atoms with Gasteiger partial charge in [0.25, 0.3) is 0 Å². The van der Waals surface area contributed by atoms with E-state index in [4.69, 9.17) is 4.42 Å². The van der Waals surface area contributed by atoms with Crippen molar-refractivity contribution in [1.82, 2.24) is 10.6 Å². The zero-order valence-electron chi connectivity index (χ0n) is 15.4. The largest absolute Gasteiger partial charge is 0.463 e. The van der Waals surface area contributed by atoms with Gasteiger partial charge in [-0.3, -0.25) is 0 Å². The van der Waals surface area contributed by atoms with Crippen molar-refractivity contribution in [2.24, 2.45) is 4.99 Å². The van der Waals surface area contributed by atoms with Gasteiger partial charge in [0.1, 0.15) is 22.9 Å². The Hall–Kier alpha value is -1.61. The molecule has 0 saturated carbocycles. The molecule has 0 amide bonds. The Kier molecular flexibility index (Phi) is 9.07. The molecule has 2 aromatic rings. The van der Waals surface area contributed by atoms with E-state index in [2.05, 4.69) is 15.6 Å². The molecule has 2 rings (SSSR count). The van der Waals surface area contributed by atoms with Gasteiger partial charge in [-0.2, -0.15) is 0 Å². The van der Waals surface area contributed by atoms with E-state index < -0.39 is 5.60 Å². The number of furan rings is 1. The maximum atomic E-state index is 13.2. The molecule has 1 aromatic heterocycles. The first kappa shape index (κ1) is 22.4. The van der Waals surface area contributed by atoms with Crippen molar-refractivity contribution in [2.45, 2.75) is 32.8 Å². The molecule has 0 aliphatic carbocycles. The Morgan fingerprint density at radius 3 is 2.65 bits per heavy atom. The van der Waals surface area contributed by atoms with Crippen molar-refractivity contribution < 1.29 is 13.9 Å². The van der Waals surface area contributed by atoms with Crippen molar-refractivity contribution in [1.29, 1.82) is 0 Å². The average Bonchev–Trinajstić information content (AvgIpc) is 3.00. The lowest BCUT2D eigenvalue weighted by Crippen LogP contribution is -2.39. The van der Waals surface area contributed by atoms with Gasteiger partial charge in [0.05, 0.1) is 6.54 Å². The van der Waals surface area contributed by atoms with Crippen LogP contribution in [0.15, 0.2) is 45.8 Å². The number of nitrogens with one attached hydrogen (secondary N) is 2. The first-order valence-electron chi connectivity index (χ1n) is 8.46. The minimum absolute atomic E-state index is 0. The predicted octanol–water partition coefficient (Wildman–Crippen LogP) is 3.35.